The number of aryl methyl sites for hydroxylation is 1. The van der Waals surface area contributed by atoms with Crippen molar-refractivity contribution in [3.8, 4) is 5.75 Å². The summed E-state index contributed by atoms with van der Waals surface area (Å²) < 4.78 is 5.28. The summed E-state index contributed by atoms with van der Waals surface area (Å²) in [5.41, 5.74) is 8.23. The van der Waals surface area contributed by atoms with Crippen LogP contribution < -0.4 is 10.5 Å². The zero-order valence-corrected chi connectivity index (χ0v) is 9.90. The van der Waals surface area contributed by atoms with E-state index >= 15 is 0 Å². The third-order valence-electron chi connectivity index (χ3n) is 3.01. The van der Waals surface area contributed by atoms with Gasteiger partial charge in [-0.3, -0.25) is 0 Å². The molecule has 1 saturated carbocycles. The van der Waals surface area contributed by atoms with Crippen molar-refractivity contribution in [3.05, 3.63) is 28.3 Å². The fraction of sp³-hybridized carbons (Fsp3) is 0.500. The minimum Gasteiger partial charge on any atom is -0.495 e. The van der Waals surface area contributed by atoms with Crippen LogP contribution in [0, 0.1) is 6.92 Å². The van der Waals surface area contributed by atoms with Crippen molar-refractivity contribution in [1.82, 2.24) is 0 Å². The van der Waals surface area contributed by atoms with E-state index in [1.807, 2.05) is 19.1 Å². The van der Waals surface area contributed by atoms with Gasteiger partial charge in [0, 0.05) is 5.54 Å². The van der Waals surface area contributed by atoms with Crippen molar-refractivity contribution < 1.29 is 4.74 Å². The fourth-order valence-electron chi connectivity index (χ4n) is 1.80. The SMILES string of the molecule is COc1c(C)ccc(CC2(N)CC2)c1Cl. The molecule has 1 aliphatic carbocycles. The number of nitrogens with two attached hydrogens (primary N) is 1. The Hall–Kier alpha value is -0.730. The van der Waals surface area contributed by atoms with Gasteiger partial charge < -0.3 is 10.5 Å². The minimum absolute atomic E-state index is 0.0100. The van der Waals surface area contributed by atoms with Gasteiger partial charge >= 0.3 is 0 Å². The van der Waals surface area contributed by atoms with E-state index in [2.05, 4.69) is 0 Å². The van der Waals surface area contributed by atoms with Crippen LogP contribution >= 0.6 is 11.6 Å². The fourth-order valence-corrected chi connectivity index (χ4v) is 2.15. The molecule has 0 atom stereocenters. The lowest BCUT2D eigenvalue weighted by Crippen LogP contribution is -2.24. The molecule has 3 heteroatoms. The molecule has 0 aromatic heterocycles. The van der Waals surface area contributed by atoms with Crippen LogP contribution in [0.25, 0.3) is 0 Å². The van der Waals surface area contributed by atoms with Gasteiger partial charge in [0.2, 0.25) is 0 Å². The molecule has 1 aliphatic rings. The Morgan fingerprint density at radius 3 is 2.67 bits per heavy atom. The van der Waals surface area contributed by atoms with Crippen molar-refractivity contribution in [2.24, 2.45) is 5.73 Å². The highest BCUT2D eigenvalue weighted by Crippen LogP contribution is 2.40. The van der Waals surface area contributed by atoms with E-state index in [1.165, 1.54) is 0 Å². The van der Waals surface area contributed by atoms with Crippen LogP contribution in [-0.4, -0.2) is 12.6 Å². The van der Waals surface area contributed by atoms with Crippen LogP contribution in [0.15, 0.2) is 12.1 Å². The van der Waals surface area contributed by atoms with Gasteiger partial charge in [-0.1, -0.05) is 23.7 Å². The summed E-state index contributed by atoms with van der Waals surface area (Å²) in [5, 5.41) is 0.717. The molecule has 1 aromatic carbocycles. The number of methoxy groups -OCH3 is 1. The van der Waals surface area contributed by atoms with E-state index in [0.717, 1.165) is 36.1 Å². The van der Waals surface area contributed by atoms with Crippen LogP contribution in [-0.2, 0) is 6.42 Å². The number of benzene rings is 1. The maximum Gasteiger partial charge on any atom is 0.140 e. The van der Waals surface area contributed by atoms with Gasteiger partial charge in [0.05, 0.1) is 12.1 Å². The first-order chi connectivity index (χ1) is 7.06. The van der Waals surface area contributed by atoms with E-state index in [1.54, 1.807) is 7.11 Å². The largest absolute Gasteiger partial charge is 0.495 e. The Balaban J connectivity index is 2.31. The lowest BCUT2D eigenvalue weighted by Gasteiger charge is -2.14. The molecule has 2 nitrogen and oxygen atoms in total. The third-order valence-corrected chi connectivity index (χ3v) is 3.43. The predicted octanol–water partition coefficient (Wildman–Crippen LogP) is 2.69. The van der Waals surface area contributed by atoms with Crippen LogP contribution in [0.1, 0.15) is 24.0 Å². The van der Waals surface area contributed by atoms with Gasteiger partial charge in [0.1, 0.15) is 5.75 Å². The van der Waals surface area contributed by atoms with Crippen molar-refractivity contribution in [2.45, 2.75) is 31.7 Å². The summed E-state index contributed by atoms with van der Waals surface area (Å²) in [5.74, 6) is 0.776. The molecular formula is C12H16ClNO. The van der Waals surface area contributed by atoms with Crippen molar-refractivity contribution >= 4 is 11.6 Å². The standard InChI is InChI=1S/C12H16ClNO/c1-8-3-4-9(7-12(14)5-6-12)10(13)11(8)15-2/h3-4H,5-7,14H2,1-2H3. The van der Waals surface area contributed by atoms with Gasteiger partial charge in [0.25, 0.3) is 0 Å². The van der Waals surface area contributed by atoms with E-state index in [-0.39, 0.29) is 5.54 Å². The molecule has 0 unspecified atom stereocenters. The topological polar surface area (TPSA) is 35.2 Å². The molecular weight excluding hydrogens is 210 g/mol. The molecule has 1 aromatic rings. The number of rotatable bonds is 3. The monoisotopic (exact) mass is 225 g/mol. The normalized spacial score (nSPS) is 17.6. The van der Waals surface area contributed by atoms with Gasteiger partial charge in [-0.05, 0) is 37.3 Å². The van der Waals surface area contributed by atoms with Crippen LogP contribution in [0.3, 0.4) is 0 Å². The Morgan fingerprint density at radius 2 is 2.13 bits per heavy atom. The molecule has 0 radical (unpaired) electrons. The second-order valence-electron chi connectivity index (χ2n) is 4.43. The number of hydrogen-bond acceptors (Lipinski definition) is 2. The van der Waals surface area contributed by atoms with Gasteiger partial charge in [-0.25, -0.2) is 0 Å². The summed E-state index contributed by atoms with van der Waals surface area (Å²) >= 11 is 6.27. The molecule has 82 valence electrons. The van der Waals surface area contributed by atoms with Crippen molar-refractivity contribution in [3.63, 3.8) is 0 Å². The molecule has 15 heavy (non-hydrogen) atoms. The zero-order chi connectivity index (χ0) is 11.1. The number of ether oxygens (including phenoxy) is 1. The number of hydrogen-bond donors (Lipinski definition) is 1. The second kappa shape index (κ2) is 3.69. The van der Waals surface area contributed by atoms with Crippen molar-refractivity contribution in [1.29, 1.82) is 0 Å². The summed E-state index contributed by atoms with van der Waals surface area (Å²) in [6.45, 7) is 1.99. The minimum atomic E-state index is -0.0100. The lowest BCUT2D eigenvalue weighted by molar-refractivity contribution is 0.411. The second-order valence-corrected chi connectivity index (χ2v) is 4.81. The van der Waals surface area contributed by atoms with Crippen molar-refractivity contribution in [2.75, 3.05) is 7.11 Å². The Bertz CT molecular complexity index is 385. The number of halogens is 1. The van der Waals surface area contributed by atoms with E-state index < -0.39 is 0 Å². The molecule has 2 N–H and O–H groups in total. The summed E-state index contributed by atoms with van der Waals surface area (Å²) in [6.07, 6.45) is 3.04. The van der Waals surface area contributed by atoms with E-state index in [4.69, 9.17) is 22.1 Å². The highest BCUT2D eigenvalue weighted by atomic mass is 35.5. The van der Waals surface area contributed by atoms with Gasteiger partial charge in [-0.15, -0.1) is 0 Å². The third kappa shape index (κ3) is 2.11. The molecule has 1 fully saturated rings. The first kappa shape index (κ1) is 10.8. The van der Waals surface area contributed by atoms with E-state index in [9.17, 15) is 0 Å². The zero-order valence-electron chi connectivity index (χ0n) is 9.14. The first-order valence-electron chi connectivity index (χ1n) is 5.16. The highest BCUT2D eigenvalue weighted by Gasteiger charge is 2.38. The Morgan fingerprint density at radius 1 is 1.47 bits per heavy atom. The molecule has 0 heterocycles. The Kier molecular flexibility index (Phi) is 2.65. The summed E-state index contributed by atoms with van der Waals surface area (Å²) in [7, 11) is 1.65. The molecule has 0 saturated heterocycles. The first-order valence-corrected chi connectivity index (χ1v) is 5.54. The Labute approximate surface area is 95.4 Å². The maximum atomic E-state index is 6.27. The molecule has 0 aliphatic heterocycles. The van der Waals surface area contributed by atoms with Crippen LogP contribution in [0.2, 0.25) is 5.02 Å². The maximum absolute atomic E-state index is 6.27. The average Bonchev–Trinajstić information content (AvgIpc) is 2.90. The summed E-state index contributed by atoms with van der Waals surface area (Å²) in [4.78, 5) is 0. The van der Waals surface area contributed by atoms with Gasteiger partial charge in [0.15, 0.2) is 0 Å². The van der Waals surface area contributed by atoms with Gasteiger partial charge in [-0.2, -0.15) is 0 Å². The highest BCUT2D eigenvalue weighted by molar-refractivity contribution is 6.33. The lowest BCUT2D eigenvalue weighted by atomic mass is 10.0. The molecule has 2 rings (SSSR count). The molecule has 0 bridgehead atoms. The summed E-state index contributed by atoms with van der Waals surface area (Å²) in [6, 6.07) is 4.08. The van der Waals surface area contributed by atoms with E-state index in [0.29, 0.717) is 5.02 Å². The average molecular weight is 226 g/mol. The predicted molar refractivity (Wildman–Crippen MR) is 62.6 cm³/mol. The van der Waals surface area contributed by atoms with Crippen LogP contribution in [0.4, 0.5) is 0 Å². The molecule has 0 spiro atoms. The molecule has 0 amide bonds. The quantitative estimate of drug-likeness (QED) is 0.859. The van der Waals surface area contributed by atoms with Crippen LogP contribution in [0.5, 0.6) is 5.75 Å². The smallest absolute Gasteiger partial charge is 0.140 e.